The molecule has 3 aliphatic carbocycles. The van der Waals surface area contributed by atoms with Gasteiger partial charge in [-0.1, -0.05) is 0 Å². The Hall–Kier alpha value is -2.77. The number of ketones is 1. The third-order valence-corrected chi connectivity index (χ3v) is 8.48. The molecule has 13 nitrogen and oxygen atoms in total. The minimum absolute atomic E-state index is 0.0300. The van der Waals surface area contributed by atoms with Crippen molar-refractivity contribution >= 4 is 31.4 Å². The molecule has 0 bridgehead atoms. The Bertz CT molecular complexity index is 836. The summed E-state index contributed by atoms with van der Waals surface area (Å²) < 4.78 is 24.6. The highest BCUT2D eigenvalue weighted by Gasteiger charge is 2.36. The van der Waals surface area contributed by atoms with Gasteiger partial charge in [0.1, 0.15) is 30.2 Å². The lowest BCUT2D eigenvalue weighted by molar-refractivity contribution is -0.146. The number of carboxylic acid groups (broad SMARTS) is 1. The van der Waals surface area contributed by atoms with Crippen molar-refractivity contribution in [2.24, 2.45) is 17.8 Å². The van der Waals surface area contributed by atoms with Gasteiger partial charge in [0.2, 0.25) is 0 Å². The maximum absolute atomic E-state index is 12.4. The fourth-order valence-electron chi connectivity index (χ4n) is 6.26. The van der Waals surface area contributed by atoms with Gasteiger partial charge in [0.05, 0.1) is 18.3 Å². The average Bonchev–Trinajstić information content (AvgIpc) is 2.92. The Morgan fingerprint density at radius 3 is 1.71 bits per heavy atom. The number of hydrogen-bond acceptors (Lipinski definition) is 12. The second-order valence-electron chi connectivity index (χ2n) is 11.2. The highest BCUT2D eigenvalue weighted by molar-refractivity contribution is 5.78. The van der Waals surface area contributed by atoms with E-state index >= 15 is 0 Å². The van der Waals surface area contributed by atoms with Crippen LogP contribution in [0.15, 0.2) is 0 Å². The van der Waals surface area contributed by atoms with E-state index in [1.807, 2.05) is 0 Å². The van der Waals surface area contributed by atoms with Crippen LogP contribution >= 0.6 is 0 Å². The predicted octanol–water partition coefficient (Wildman–Crippen LogP) is 2.17. The van der Waals surface area contributed by atoms with E-state index in [4.69, 9.17) is 24.1 Å². The van der Waals surface area contributed by atoms with Gasteiger partial charge in [-0.25, -0.2) is 4.79 Å². The van der Waals surface area contributed by atoms with Gasteiger partial charge in [-0.05, 0) is 82.5 Å². The first-order valence-electron chi connectivity index (χ1n) is 14.2. The minimum Gasteiger partial charge on any atom is -0.462 e. The molecule has 41 heavy (non-hydrogen) atoms. The fourth-order valence-corrected chi connectivity index (χ4v) is 6.26. The molecule has 0 aromatic heterocycles. The van der Waals surface area contributed by atoms with Crippen LogP contribution in [0.1, 0.15) is 77.6 Å². The van der Waals surface area contributed by atoms with E-state index in [0.717, 1.165) is 19.3 Å². The first-order chi connectivity index (χ1) is 19.6. The van der Waals surface area contributed by atoms with Crippen LogP contribution in [0.4, 0.5) is 4.79 Å². The number of carbonyl (C=O) groups is 5. The SMILES string of the molecule is CC(OC(=O)O)C1CCC(OC=O)C(O)C1.COC1CCC(CC(=O)CC2CCC(OC=O)C(O)C2)CC1OC=O. The van der Waals surface area contributed by atoms with Crippen LogP contribution in [-0.2, 0) is 42.9 Å². The Morgan fingerprint density at radius 2 is 1.22 bits per heavy atom. The Balaban J connectivity index is 0.000000317. The van der Waals surface area contributed by atoms with Gasteiger partial charge in [0.15, 0.2) is 0 Å². The smallest absolute Gasteiger partial charge is 0.462 e. The summed E-state index contributed by atoms with van der Waals surface area (Å²) in [5.74, 6) is 0.477. The second kappa shape index (κ2) is 17.9. The lowest BCUT2D eigenvalue weighted by Crippen LogP contribution is -2.39. The van der Waals surface area contributed by atoms with Gasteiger partial charge in [-0.15, -0.1) is 0 Å². The average molecular weight is 589 g/mol. The molecular weight excluding hydrogens is 544 g/mol. The zero-order valence-corrected chi connectivity index (χ0v) is 23.7. The van der Waals surface area contributed by atoms with Crippen LogP contribution in [-0.4, -0.2) is 96.5 Å². The van der Waals surface area contributed by atoms with Crippen molar-refractivity contribution in [2.75, 3.05) is 7.11 Å². The van der Waals surface area contributed by atoms with Crippen molar-refractivity contribution in [1.82, 2.24) is 0 Å². The molecule has 10 unspecified atom stereocenters. The van der Waals surface area contributed by atoms with Crippen LogP contribution in [0.2, 0.25) is 0 Å². The quantitative estimate of drug-likeness (QED) is 0.161. The van der Waals surface area contributed by atoms with Crippen LogP contribution in [0.3, 0.4) is 0 Å². The van der Waals surface area contributed by atoms with Crippen LogP contribution < -0.4 is 0 Å². The number of rotatable bonds is 13. The summed E-state index contributed by atoms with van der Waals surface area (Å²) in [4.78, 5) is 53.9. The number of Topliss-reactive ketones (excluding diaryl/α,β-unsaturated/α-hetero) is 1. The number of methoxy groups -OCH3 is 1. The maximum atomic E-state index is 12.4. The predicted molar refractivity (Wildman–Crippen MR) is 140 cm³/mol. The molecule has 0 aliphatic heterocycles. The van der Waals surface area contributed by atoms with E-state index in [2.05, 4.69) is 4.74 Å². The summed E-state index contributed by atoms with van der Waals surface area (Å²) >= 11 is 0. The first-order valence-corrected chi connectivity index (χ1v) is 14.2. The summed E-state index contributed by atoms with van der Waals surface area (Å²) in [6.07, 6.45) is 2.11. The molecule has 0 heterocycles. The van der Waals surface area contributed by atoms with Crippen molar-refractivity contribution < 1.29 is 63.0 Å². The van der Waals surface area contributed by atoms with Crippen LogP contribution in [0.25, 0.3) is 0 Å². The van der Waals surface area contributed by atoms with E-state index in [0.29, 0.717) is 70.8 Å². The van der Waals surface area contributed by atoms with Gasteiger partial charge in [-0.3, -0.25) is 19.2 Å². The summed E-state index contributed by atoms with van der Waals surface area (Å²) in [5.41, 5.74) is 0. The molecule has 0 radical (unpaired) electrons. The van der Waals surface area contributed by atoms with E-state index in [9.17, 15) is 34.2 Å². The van der Waals surface area contributed by atoms with Gasteiger partial charge in [0, 0.05) is 20.0 Å². The van der Waals surface area contributed by atoms with Crippen molar-refractivity contribution in [2.45, 2.75) is 120 Å². The van der Waals surface area contributed by atoms with E-state index in [1.165, 1.54) is 0 Å². The molecule has 0 spiro atoms. The van der Waals surface area contributed by atoms with Gasteiger partial charge in [0.25, 0.3) is 19.4 Å². The zero-order chi connectivity index (χ0) is 30.4. The minimum atomic E-state index is -1.31. The number of aliphatic hydroxyl groups excluding tert-OH is 2. The summed E-state index contributed by atoms with van der Waals surface area (Å²) in [6, 6.07) is 0. The standard InChI is InChI=1S/C18H28O7.C10H16O6/c1-23-17-5-3-13(9-18(17)25-11-20)7-14(21)6-12-2-4-16(24-10-19)15(22)8-12;1-6(16-10(13)14)7-2-3-9(15-5-11)8(12)4-7/h10-13,15-18,22H,2-9H2,1H3;5-9,12H,2-4H2,1H3,(H,13,14). The molecule has 234 valence electrons. The van der Waals surface area contributed by atoms with Crippen molar-refractivity contribution in [3.8, 4) is 0 Å². The molecule has 10 atom stereocenters. The Morgan fingerprint density at radius 1 is 0.732 bits per heavy atom. The molecular formula is C28H44O13. The topological polar surface area (TPSA) is 192 Å². The molecule has 0 aromatic rings. The van der Waals surface area contributed by atoms with Gasteiger partial charge in [-0.2, -0.15) is 0 Å². The Kier molecular flexibility index (Phi) is 15.0. The Labute approximate surface area is 239 Å². The largest absolute Gasteiger partial charge is 0.506 e. The van der Waals surface area contributed by atoms with Gasteiger partial charge >= 0.3 is 6.16 Å². The van der Waals surface area contributed by atoms with E-state index < -0.39 is 36.7 Å². The van der Waals surface area contributed by atoms with Crippen LogP contribution in [0, 0.1) is 17.8 Å². The molecule has 3 saturated carbocycles. The summed E-state index contributed by atoms with van der Waals surface area (Å²) in [7, 11) is 1.60. The summed E-state index contributed by atoms with van der Waals surface area (Å²) in [6.45, 7) is 2.80. The van der Waals surface area contributed by atoms with E-state index in [-0.39, 0.29) is 35.7 Å². The lowest BCUT2D eigenvalue weighted by Gasteiger charge is -2.34. The van der Waals surface area contributed by atoms with Crippen LogP contribution in [0.5, 0.6) is 0 Å². The molecule has 3 aliphatic rings. The molecule has 0 saturated heterocycles. The highest BCUT2D eigenvalue weighted by Crippen LogP contribution is 2.34. The first kappa shape index (κ1) is 34.4. The van der Waals surface area contributed by atoms with E-state index in [1.54, 1.807) is 14.0 Å². The molecule has 13 heteroatoms. The molecule has 0 amide bonds. The number of hydrogen-bond donors (Lipinski definition) is 3. The number of carbonyl (C=O) groups excluding carboxylic acids is 4. The van der Waals surface area contributed by atoms with Crippen molar-refractivity contribution in [1.29, 1.82) is 0 Å². The summed E-state index contributed by atoms with van der Waals surface area (Å²) in [5, 5.41) is 28.1. The van der Waals surface area contributed by atoms with Crippen molar-refractivity contribution in [3.63, 3.8) is 0 Å². The fraction of sp³-hybridized carbons (Fsp3) is 0.821. The molecule has 3 fully saturated rings. The monoisotopic (exact) mass is 588 g/mol. The third-order valence-electron chi connectivity index (χ3n) is 8.48. The zero-order valence-electron chi connectivity index (χ0n) is 23.7. The lowest BCUT2D eigenvalue weighted by atomic mass is 9.78. The number of aliphatic hydroxyl groups is 2. The number of ether oxygens (including phenoxy) is 5. The molecule has 3 N–H and O–H groups in total. The molecule has 0 aromatic carbocycles. The van der Waals surface area contributed by atoms with Gasteiger partial charge < -0.3 is 39.0 Å². The second-order valence-corrected chi connectivity index (χ2v) is 11.2. The maximum Gasteiger partial charge on any atom is 0.506 e. The highest BCUT2D eigenvalue weighted by atomic mass is 16.7. The third kappa shape index (κ3) is 11.6. The normalized spacial score (nSPS) is 34.0. The molecule has 3 rings (SSSR count). The van der Waals surface area contributed by atoms with Crippen molar-refractivity contribution in [3.05, 3.63) is 0 Å².